The number of fused-ring (bicyclic) bond motifs is 1. The third-order valence-electron chi connectivity index (χ3n) is 2.77. The number of rotatable bonds is 1. The van der Waals surface area contributed by atoms with Crippen molar-refractivity contribution < 1.29 is 0 Å². The Kier molecular flexibility index (Phi) is 2.41. The molecule has 0 radical (unpaired) electrons. The molecule has 0 saturated carbocycles. The first-order valence-corrected chi connectivity index (χ1v) is 5.65. The van der Waals surface area contributed by atoms with E-state index >= 15 is 0 Å². The van der Waals surface area contributed by atoms with Crippen LogP contribution in [-0.4, -0.2) is 15.0 Å². The molecule has 88 valence electrons. The Hall–Kier alpha value is -2.49. The SMILES string of the molecule is Cc1ccc2cc(-c3nccc(=O)[nH]3)ccc2n1. The molecule has 0 atom stereocenters. The fourth-order valence-electron chi connectivity index (χ4n) is 1.89. The molecule has 0 amide bonds. The number of nitrogens with zero attached hydrogens (tertiary/aromatic N) is 2. The van der Waals surface area contributed by atoms with Gasteiger partial charge in [0.15, 0.2) is 0 Å². The number of pyridine rings is 1. The van der Waals surface area contributed by atoms with Gasteiger partial charge in [0.05, 0.1) is 5.52 Å². The molecule has 18 heavy (non-hydrogen) atoms. The molecule has 4 heteroatoms. The Balaban J connectivity index is 2.19. The van der Waals surface area contributed by atoms with Crippen LogP contribution in [0.4, 0.5) is 0 Å². The number of nitrogens with one attached hydrogen (secondary N) is 1. The molecule has 0 unspecified atom stereocenters. The number of hydrogen-bond acceptors (Lipinski definition) is 3. The smallest absolute Gasteiger partial charge is 0.251 e. The van der Waals surface area contributed by atoms with Gasteiger partial charge >= 0.3 is 0 Å². The van der Waals surface area contributed by atoms with Gasteiger partial charge in [0.25, 0.3) is 5.56 Å². The van der Waals surface area contributed by atoms with Gasteiger partial charge in [-0.15, -0.1) is 0 Å². The third kappa shape index (κ3) is 1.88. The number of hydrogen-bond donors (Lipinski definition) is 1. The molecule has 0 bridgehead atoms. The average molecular weight is 237 g/mol. The third-order valence-corrected chi connectivity index (χ3v) is 2.77. The summed E-state index contributed by atoms with van der Waals surface area (Å²) in [4.78, 5) is 22.6. The van der Waals surface area contributed by atoms with Crippen molar-refractivity contribution in [2.45, 2.75) is 6.92 Å². The summed E-state index contributed by atoms with van der Waals surface area (Å²) in [6.45, 7) is 1.96. The van der Waals surface area contributed by atoms with Crippen LogP contribution in [-0.2, 0) is 0 Å². The Morgan fingerprint density at radius 3 is 2.83 bits per heavy atom. The molecule has 3 aromatic rings. The number of H-pyrrole nitrogens is 1. The van der Waals surface area contributed by atoms with Gasteiger partial charge in [-0.3, -0.25) is 9.78 Å². The Bertz CT molecular complexity index is 777. The lowest BCUT2D eigenvalue weighted by atomic mass is 10.1. The zero-order chi connectivity index (χ0) is 12.5. The van der Waals surface area contributed by atoms with Gasteiger partial charge in [0.1, 0.15) is 5.82 Å². The maximum absolute atomic E-state index is 11.3. The minimum absolute atomic E-state index is 0.151. The molecule has 0 aliphatic carbocycles. The monoisotopic (exact) mass is 237 g/mol. The van der Waals surface area contributed by atoms with Gasteiger partial charge in [-0.2, -0.15) is 0 Å². The van der Waals surface area contributed by atoms with E-state index in [9.17, 15) is 4.79 Å². The minimum Gasteiger partial charge on any atom is -0.307 e. The van der Waals surface area contributed by atoms with Gasteiger partial charge in [-0.05, 0) is 31.2 Å². The minimum atomic E-state index is -0.151. The summed E-state index contributed by atoms with van der Waals surface area (Å²) in [5.41, 5.74) is 2.66. The van der Waals surface area contributed by atoms with Gasteiger partial charge in [-0.1, -0.05) is 6.07 Å². The van der Waals surface area contributed by atoms with E-state index in [-0.39, 0.29) is 5.56 Å². The van der Waals surface area contributed by atoms with Crippen LogP contribution >= 0.6 is 0 Å². The maximum atomic E-state index is 11.3. The molecule has 1 aromatic carbocycles. The molecule has 2 aromatic heterocycles. The predicted molar refractivity (Wildman–Crippen MR) is 70.3 cm³/mol. The molecule has 0 aliphatic rings. The molecule has 0 spiro atoms. The van der Waals surface area contributed by atoms with Crippen molar-refractivity contribution in [1.29, 1.82) is 0 Å². The topological polar surface area (TPSA) is 58.6 Å². The first-order chi connectivity index (χ1) is 8.72. The first kappa shape index (κ1) is 10.7. The number of aromatic amines is 1. The highest BCUT2D eigenvalue weighted by Gasteiger charge is 2.02. The Labute approximate surface area is 103 Å². The van der Waals surface area contributed by atoms with Gasteiger partial charge in [-0.25, -0.2) is 4.98 Å². The molecule has 1 N–H and O–H groups in total. The molecule has 4 nitrogen and oxygen atoms in total. The van der Waals surface area contributed by atoms with Crippen LogP contribution < -0.4 is 5.56 Å². The largest absolute Gasteiger partial charge is 0.307 e. The van der Waals surface area contributed by atoms with Crippen molar-refractivity contribution >= 4 is 10.9 Å². The van der Waals surface area contributed by atoms with E-state index in [1.807, 2.05) is 37.3 Å². The van der Waals surface area contributed by atoms with Crippen LogP contribution in [0.2, 0.25) is 0 Å². The first-order valence-electron chi connectivity index (χ1n) is 5.65. The lowest BCUT2D eigenvalue weighted by Crippen LogP contribution is -2.05. The van der Waals surface area contributed by atoms with E-state index in [1.54, 1.807) is 0 Å². The number of aryl methyl sites for hydroxylation is 1. The van der Waals surface area contributed by atoms with Crippen LogP contribution in [0.25, 0.3) is 22.3 Å². The zero-order valence-corrected chi connectivity index (χ0v) is 9.84. The van der Waals surface area contributed by atoms with Crippen LogP contribution in [0.1, 0.15) is 5.69 Å². The van der Waals surface area contributed by atoms with Crippen LogP contribution in [0.15, 0.2) is 47.4 Å². The van der Waals surface area contributed by atoms with Crippen molar-refractivity contribution in [3.8, 4) is 11.4 Å². The van der Waals surface area contributed by atoms with E-state index in [0.717, 1.165) is 22.2 Å². The number of benzene rings is 1. The van der Waals surface area contributed by atoms with E-state index < -0.39 is 0 Å². The van der Waals surface area contributed by atoms with Crippen molar-refractivity contribution in [3.63, 3.8) is 0 Å². The summed E-state index contributed by atoms with van der Waals surface area (Å²) < 4.78 is 0. The van der Waals surface area contributed by atoms with E-state index in [0.29, 0.717) is 5.82 Å². The van der Waals surface area contributed by atoms with Crippen LogP contribution in [0.3, 0.4) is 0 Å². The fraction of sp³-hybridized carbons (Fsp3) is 0.0714. The van der Waals surface area contributed by atoms with E-state index in [1.165, 1.54) is 12.3 Å². The summed E-state index contributed by atoms with van der Waals surface area (Å²) in [5.74, 6) is 0.574. The summed E-state index contributed by atoms with van der Waals surface area (Å²) in [6.07, 6.45) is 1.51. The summed E-state index contributed by atoms with van der Waals surface area (Å²) >= 11 is 0. The molecule has 0 aliphatic heterocycles. The average Bonchev–Trinajstić information content (AvgIpc) is 2.38. The standard InChI is InChI=1S/C14H11N3O/c1-9-2-3-10-8-11(4-5-12(10)16-9)14-15-7-6-13(18)17-14/h2-8H,1H3,(H,15,17,18). The second-order valence-electron chi connectivity index (χ2n) is 4.14. The normalized spacial score (nSPS) is 10.7. The summed E-state index contributed by atoms with van der Waals surface area (Å²) in [7, 11) is 0. The molecular weight excluding hydrogens is 226 g/mol. The Morgan fingerprint density at radius 2 is 2.00 bits per heavy atom. The second kappa shape index (κ2) is 4.07. The maximum Gasteiger partial charge on any atom is 0.251 e. The van der Waals surface area contributed by atoms with Crippen molar-refractivity contribution in [3.05, 3.63) is 58.6 Å². The quantitative estimate of drug-likeness (QED) is 0.706. The summed E-state index contributed by atoms with van der Waals surface area (Å²) in [5, 5.41) is 1.03. The molecule has 2 heterocycles. The highest BCUT2D eigenvalue weighted by atomic mass is 16.1. The summed E-state index contributed by atoms with van der Waals surface area (Å²) in [6, 6.07) is 11.2. The van der Waals surface area contributed by atoms with Crippen molar-refractivity contribution in [1.82, 2.24) is 15.0 Å². The number of aromatic nitrogens is 3. The zero-order valence-electron chi connectivity index (χ0n) is 9.84. The van der Waals surface area contributed by atoms with Crippen LogP contribution in [0.5, 0.6) is 0 Å². The van der Waals surface area contributed by atoms with E-state index in [2.05, 4.69) is 15.0 Å². The molecule has 0 saturated heterocycles. The van der Waals surface area contributed by atoms with Crippen LogP contribution in [0, 0.1) is 6.92 Å². The molecule has 0 fully saturated rings. The lowest BCUT2D eigenvalue weighted by Gasteiger charge is -2.03. The predicted octanol–water partition coefficient (Wildman–Crippen LogP) is 2.29. The Morgan fingerprint density at radius 1 is 1.11 bits per heavy atom. The molecule has 3 rings (SSSR count). The lowest BCUT2D eigenvalue weighted by molar-refractivity contribution is 1.13. The van der Waals surface area contributed by atoms with Gasteiger partial charge in [0.2, 0.25) is 0 Å². The molecular formula is C14H11N3O. The van der Waals surface area contributed by atoms with Crippen molar-refractivity contribution in [2.75, 3.05) is 0 Å². The fourth-order valence-corrected chi connectivity index (χ4v) is 1.89. The van der Waals surface area contributed by atoms with Crippen molar-refractivity contribution in [2.24, 2.45) is 0 Å². The van der Waals surface area contributed by atoms with E-state index in [4.69, 9.17) is 0 Å². The highest BCUT2D eigenvalue weighted by molar-refractivity contribution is 5.83. The highest BCUT2D eigenvalue weighted by Crippen LogP contribution is 2.20. The van der Waals surface area contributed by atoms with Gasteiger partial charge < -0.3 is 4.98 Å². The second-order valence-corrected chi connectivity index (χ2v) is 4.14. The van der Waals surface area contributed by atoms with Gasteiger partial charge in [0, 0.05) is 28.9 Å².